The fourth-order valence-electron chi connectivity index (χ4n) is 3.32. The van der Waals surface area contributed by atoms with Crippen LogP contribution in [0.5, 0.6) is 0 Å². The van der Waals surface area contributed by atoms with Crippen LogP contribution >= 0.6 is 0 Å². The second-order valence-electron chi connectivity index (χ2n) is 5.69. The molecule has 1 aromatic carbocycles. The number of rotatable bonds is 1. The minimum atomic E-state index is -0.233. The molecule has 21 heavy (non-hydrogen) atoms. The first-order chi connectivity index (χ1) is 10.3. The molecular formula is C16H16N4O. The van der Waals surface area contributed by atoms with Crippen LogP contribution in [0.25, 0.3) is 11.1 Å². The topological polar surface area (TPSA) is 73.4 Å². The fourth-order valence-corrected chi connectivity index (χ4v) is 3.32. The molecule has 1 aromatic heterocycles. The molecule has 1 aliphatic heterocycles. The number of benzene rings is 1. The van der Waals surface area contributed by atoms with Gasteiger partial charge in [-0.3, -0.25) is 0 Å². The molecule has 2 aromatic rings. The SMILES string of the molecule is NC1=NCC2(CCc3c(cccc3-c3cncnc3)C2)O1. The quantitative estimate of drug-likeness (QED) is 0.863. The molecule has 0 radical (unpaired) electrons. The number of fused-ring (bicyclic) bond motifs is 1. The molecule has 0 saturated heterocycles. The van der Waals surface area contributed by atoms with Gasteiger partial charge < -0.3 is 10.5 Å². The van der Waals surface area contributed by atoms with Gasteiger partial charge in [-0.05, 0) is 29.5 Å². The molecule has 2 aliphatic rings. The van der Waals surface area contributed by atoms with Gasteiger partial charge in [0, 0.05) is 24.4 Å². The van der Waals surface area contributed by atoms with Crippen molar-refractivity contribution in [2.45, 2.75) is 24.9 Å². The van der Waals surface area contributed by atoms with E-state index in [2.05, 4.69) is 33.2 Å². The number of ether oxygens (including phenoxy) is 1. The van der Waals surface area contributed by atoms with Crippen LogP contribution in [0.2, 0.25) is 0 Å². The second kappa shape index (κ2) is 4.55. The van der Waals surface area contributed by atoms with Gasteiger partial charge in [0.1, 0.15) is 11.9 Å². The lowest BCUT2D eigenvalue weighted by atomic mass is 9.78. The van der Waals surface area contributed by atoms with Gasteiger partial charge in [-0.1, -0.05) is 18.2 Å². The number of nitrogens with zero attached hydrogens (tertiary/aromatic N) is 3. The van der Waals surface area contributed by atoms with Crippen molar-refractivity contribution in [3.8, 4) is 11.1 Å². The number of aromatic nitrogens is 2. The van der Waals surface area contributed by atoms with Crippen LogP contribution < -0.4 is 5.73 Å². The third kappa shape index (κ3) is 2.05. The molecule has 5 nitrogen and oxygen atoms in total. The Morgan fingerprint density at radius 3 is 2.81 bits per heavy atom. The van der Waals surface area contributed by atoms with Crippen molar-refractivity contribution in [1.29, 1.82) is 0 Å². The summed E-state index contributed by atoms with van der Waals surface area (Å²) in [5, 5.41) is 0. The molecule has 5 heteroatoms. The van der Waals surface area contributed by atoms with Crippen LogP contribution in [0.15, 0.2) is 41.9 Å². The number of nitrogens with two attached hydrogens (primary N) is 1. The van der Waals surface area contributed by atoms with E-state index >= 15 is 0 Å². The lowest BCUT2D eigenvalue weighted by molar-refractivity contribution is 0.0704. The second-order valence-corrected chi connectivity index (χ2v) is 5.69. The molecule has 0 bridgehead atoms. The van der Waals surface area contributed by atoms with Crippen molar-refractivity contribution in [3.63, 3.8) is 0 Å². The van der Waals surface area contributed by atoms with E-state index in [1.807, 2.05) is 12.4 Å². The van der Waals surface area contributed by atoms with Crippen molar-refractivity contribution >= 4 is 6.02 Å². The third-order valence-electron chi connectivity index (χ3n) is 4.33. The molecule has 4 rings (SSSR count). The van der Waals surface area contributed by atoms with Crippen LogP contribution in [0.3, 0.4) is 0 Å². The Bertz CT molecular complexity index is 713. The summed E-state index contributed by atoms with van der Waals surface area (Å²) in [5.74, 6) is 0. The molecular weight excluding hydrogens is 264 g/mol. The average molecular weight is 280 g/mol. The van der Waals surface area contributed by atoms with Gasteiger partial charge in [0.25, 0.3) is 6.02 Å². The summed E-state index contributed by atoms with van der Waals surface area (Å²) in [5.41, 5.74) is 10.4. The van der Waals surface area contributed by atoms with Gasteiger partial charge in [0.05, 0.1) is 6.54 Å². The van der Waals surface area contributed by atoms with E-state index < -0.39 is 0 Å². The zero-order valence-electron chi connectivity index (χ0n) is 11.6. The number of aliphatic imine (C=N–C) groups is 1. The summed E-state index contributed by atoms with van der Waals surface area (Å²) in [6, 6.07) is 6.71. The first kappa shape index (κ1) is 12.3. The van der Waals surface area contributed by atoms with E-state index in [1.54, 1.807) is 6.33 Å². The van der Waals surface area contributed by atoms with Crippen molar-refractivity contribution in [1.82, 2.24) is 9.97 Å². The Labute approximate surface area is 122 Å². The first-order valence-corrected chi connectivity index (χ1v) is 7.11. The summed E-state index contributed by atoms with van der Waals surface area (Å²) in [4.78, 5) is 12.5. The normalized spacial score (nSPS) is 23.5. The summed E-state index contributed by atoms with van der Waals surface area (Å²) < 4.78 is 5.80. The predicted molar refractivity (Wildman–Crippen MR) is 79.8 cm³/mol. The van der Waals surface area contributed by atoms with Gasteiger partial charge in [-0.15, -0.1) is 0 Å². The van der Waals surface area contributed by atoms with Crippen LogP contribution in [0.1, 0.15) is 17.5 Å². The minimum Gasteiger partial charge on any atom is -0.456 e. The van der Waals surface area contributed by atoms with Crippen LogP contribution in [-0.4, -0.2) is 28.1 Å². The molecule has 0 saturated carbocycles. The maximum absolute atomic E-state index is 5.80. The van der Waals surface area contributed by atoms with Crippen LogP contribution in [0, 0.1) is 0 Å². The molecule has 0 amide bonds. The predicted octanol–water partition coefficient (Wildman–Crippen LogP) is 1.72. The van der Waals surface area contributed by atoms with Gasteiger partial charge in [0.15, 0.2) is 0 Å². The molecule has 1 atom stereocenters. The lowest BCUT2D eigenvalue weighted by Crippen LogP contribution is -2.40. The average Bonchev–Trinajstić information content (AvgIpc) is 2.88. The summed E-state index contributed by atoms with van der Waals surface area (Å²) in [6.45, 7) is 0.664. The van der Waals surface area contributed by atoms with E-state index in [4.69, 9.17) is 10.5 Å². The van der Waals surface area contributed by atoms with Crippen LogP contribution in [-0.2, 0) is 17.6 Å². The highest BCUT2D eigenvalue weighted by molar-refractivity contribution is 5.74. The van der Waals surface area contributed by atoms with E-state index in [0.29, 0.717) is 12.6 Å². The largest absolute Gasteiger partial charge is 0.456 e. The Morgan fingerprint density at radius 1 is 1.19 bits per heavy atom. The van der Waals surface area contributed by atoms with Crippen molar-refractivity contribution in [2.75, 3.05) is 6.54 Å². The Kier molecular flexibility index (Phi) is 2.67. The molecule has 1 unspecified atom stereocenters. The van der Waals surface area contributed by atoms with Gasteiger partial charge in [-0.2, -0.15) is 0 Å². The molecule has 2 N–H and O–H groups in total. The zero-order chi connectivity index (χ0) is 14.3. The monoisotopic (exact) mass is 280 g/mol. The molecule has 106 valence electrons. The molecule has 1 aliphatic carbocycles. The lowest BCUT2D eigenvalue weighted by Gasteiger charge is -2.34. The maximum Gasteiger partial charge on any atom is 0.282 e. The summed E-state index contributed by atoms with van der Waals surface area (Å²) in [7, 11) is 0. The molecule has 2 heterocycles. The van der Waals surface area contributed by atoms with Gasteiger partial charge in [0.2, 0.25) is 0 Å². The van der Waals surface area contributed by atoms with Crippen LogP contribution in [0.4, 0.5) is 0 Å². The van der Waals surface area contributed by atoms with E-state index in [9.17, 15) is 0 Å². The smallest absolute Gasteiger partial charge is 0.282 e. The highest BCUT2D eigenvalue weighted by atomic mass is 16.5. The van der Waals surface area contributed by atoms with Gasteiger partial charge >= 0.3 is 0 Å². The molecule has 1 spiro atoms. The van der Waals surface area contributed by atoms with E-state index in [-0.39, 0.29) is 5.60 Å². The van der Waals surface area contributed by atoms with Crippen molar-refractivity contribution in [3.05, 3.63) is 48.0 Å². The van der Waals surface area contributed by atoms with Crippen molar-refractivity contribution in [2.24, 2.45) is 10.7 Å². The number of hydrogen-bond donors (Lipinski definition) is 1. The van der Waals surface area contributed by atoms with E-state index in [1.165, 1.54) is 16.7 Å². The number of hydrogen-bond acceptors (Lipinski definition) is 5. The Hall–Kier alpha value is -2.43. The molecule has 0 fully saturated rings. The Morgan fingerprint density at radius 2 is 2.05 bits per heavy atom. The number of amidine groups is 1. The minimum absolute atomic E-state index is 0.233. The van der Waals surface area contributed by atoms with E-state index in [0.717, 1.165) is 24.8 Å². The fraction of sp³-hybridized carbons (Fsp3) is 0.312. The highest BCUT2D eigenvalue weighted by Crippen LogP contribution is 2.38. The van der Waals surface area contributed by atoms with Crippen molar-refractivity contribution < 1.29 is 4.74 Å². The standard InChI is InChI=1S/C16H16N4O/c17-15-20-9-16(21-15)5-4-14-11(6-16)2-1-3-13(14)12-7-18-10-19-8-12/h1-3,7-8,10H,4-6,9H2,(H2,17,20). The highest BCUT2D eigenvalue weighted by Gasteiger charge is 2.40. The summed E-state index contributed by atoms with van der Waals surface area (Å²) in [6.07, 6.45) is 8.03. The maximum atomic E-state index is 5.80. The first-order valence-electron chi connectivity index (χ1n) is 7.11. The van der Waals surface area contributed by atoms with Gasteiger partial charge in [-0.25, -0.2) is 15.0 Å². The summed E-state index contributed by atoms with van der Waals surface area (Å²) >= 11 is 0. The Balaban J connectivity index is 1.72. The third-order valence-corrected chi connectivity index (χ3v) is 4.33. The zero-order valence-corrected chi connectivity index (χ0v) is 11.6.